The lowest BCUT2D eigenvalue weighted by Gasteiger charge is -2.19. The van der Waals surface area contributed by atoms with Gasteiger partial charge < -0.3 is 0 Å². The molecule has 0 bridgehead atoms. The first-order chi connectivity index (χ1) is 5.02. The molecule has 0 fully saturated rings. The normalized spacial score (nSPS) is 11.6. The summed E-state index contributed by atoms with van der Waals surface area (Å²) in [6.45, 7) is 6.39. The summed E-state index contributed by atoms with van der Waals surface area (Å²) in [5, 5.41) is 0.806. The number of halogens is 1. The summed E-state index contributed by atoms with van der Waals surface area (Å²) < 4.78 is 0. The van der Waals surface area contributed by atoms with Gasteiger partial charge in [0.15, 0.2) is 0 Å². The van der Waals surface area contributed by atoms with Gasteiger partial charge in [-0.05, 0) is 23.1 Å². The highest BCUT2D eigenvalue weighted by Crippen LogP contribution is 2.27. The maximum Gasteiger partial charge on any atom is 0.0449 e. The van der Waals surface area contributed by atoms with Crippen LogP contribution in [0.4, 0.5) is 0 Å². The minimum absolute atomic E-state index is 0.0956. The van der Waals surface area contributed by atoms with Crippen LogP contribution in [0.15, 0.2) is 18.2 Å². The summed E-state index contributed by atoms with van der Waals surface area (Å²) in [7, 11) is 0. The third-order valence-corrected chi connectivity index (χ3v) is 1.87. The Bertz CT molecular complexity index is 245. The standard InChI is InChI=1S/C10H12Cl/c1-10(2,3)8-6-4-5-7-9(8)11/h4-5,7H,1-3H3. The molecule has 0 saturated carbocycles. The van der Waals surface area contributed by atoms with E-state index < -0.39 is 0 Å². The van der Waals surface area contributed by atoms with E-state index >= 15 is 0 Å². The molecular weight excluding hydrogens is 156 g/mol. The monoisotopic (exact) mass is 167 g/mol. The second-order valence-corrected chi connectivity index (χ2v) is 4.05. The van der Waals surface area contributed by atoms with Crippen LogP contribution in [0.25, 0.3) is 0 Å². The van der Waals surface area contributed by atoms with E-state index in [1.807, 2.05) is 18.2 Å². The molecule has 0 aromatic heterocycles. The van der Waals surface area contributed by atoms with Gasteiger partial charge in [0.2, 0.25) is 0 Å². The van der Waals surface area contributed by atoms with Crippen LogP contribution in [0.1, 0.15) is 26.3 Å². The first-order valence-electron chi connectivity index (χ1n) is 3.68. The van der Waals surface area contributed by atoms with E-state index in [1.165, 1.54) is 0 Å². The minimum Gasteiger partial charge on any atom is -0.0840 e. The average Bonchev–Trinajstić information content (AvgIpc) is 1.86. The Morgan fingerprint density at radius 3 is 2.36 bits per heavy atom. The zero-order valence-electron chi connectivity index (χ0n) is 7.11. The summed E-state index contributed by atoms with van der Waals surface area (Å²) in [6, 6.07) is 8.84. The molecule has 0 unspecified atom stereocenters. The molecule has 0 aliphatic rings. The maximum atomic E-state index is 5.98. The molecular formula is C10H12Cl. The van der Waals surface area contributed by atoms with E-state index in [9.17, 15) is 0 Å². The van der Waals surface area contributed by atoms with Crippen LogP contribution in [-0.4, -0.2) is 0 Å². The molecule has 59 valence electrons. The Balaban J connectivity index is 3.14. The molecule has 0 nitrogen and oxygen atoms in total. The fourth-order valence-corrected chi connectivity index (χ4v) is 1.40. The van der Waals surface area contributed by atoms with Gasteiger partial charge in [-0.3, -0.25) is 0 Å². The van der Waals surface area contributed by atoms with Crippen molar-refractivity contribution in [3.8, 4) is 0 Å². The molecule has 1 radical (unpaired) electrons. The molecule has 0 amide bonds. The third-order valence-electron chi connectivity index (χ3n) is 1.56. The maximum absolute atomic E-state index is 5.98. The van der Waals surface area contributed by atoms with E-state index in [2.05, 4.69) is 26.8 Å². The lowest BCUT2D eigenvalue weighted by Crippen LogP contribution is -2.11. The van der Waals surface area contributed by atoms with Crippen molar-refractivity contribution in [1.82, 2.24) is 0 Å². The highest BCUT2D eigenvalue weighted by Gasteiger charge is 2.16. The summed E-state index contributed by atoms with van der Waals surface area (Å²) in [4.78, 5) is 0. The van der Waals surface area contributed by atoms with Gasteiger partial charge in [0.1, 0.15) is 0 Å². The van der Waals surface area contributed by atoms with Gasteiger partial charge in [-0.1, -0.05) is 44.5 Å². The highest BCUT2D eigenvalue weighted by molar-refractivity contribution is 6.31. The molecule has 0 aliphatic carbocycles. The average molecular weight is 168 g/mol. The molecule has 0 N–H and O–H groups in total. The Labute approximate surface area is 73.2 Å². The summed E-state index contributed by atoms with van der Waals surface area (Å²) in [5.74, 6) is 0. The largest absolute Gasteiger partial charge is 0.0840 e. The smallest absolute Gasteiger partial charge is 0.0449 e. The van der Waals surface area contributed by atoms with Crippen LogP contribution in [0.5, 0.6) is 0 Å². The van der Waals surface area contributed by atoms with Gasteiger partial charge >= 0.3 is 0 Å². The summed E-state index contributed by atoms with van der Waals surface area (Å²) in [5.41, 5.74) is 1.18. The van der Waals surface area contributed by atoms with Gasteiger partial charge in [0.05, 0.1) is 0 Å². The third kappa shape index (κ3) is 1.97. The first kappa shape index (κ1) is 8.61. The zero-order valence-corrected chi connectivity index (χ0v) is 7.87. The van der Waals surface area contributed by atoms with Crippen LogP contribution in [-0.2, 0) is 5.41 Å². The van der Waals surface area contributed by atoms with Crippen molar-refractivity contribution in [3.63, 3.8) is 0 Å². The molecule has 11 heavy (non-hydrogen) atoms. The van der Waals surface area contributed by atoms with Crippen molar-refractivity contribution in [2.75, 3.05) is 0 Å². The molecule has 0 aliphatic heterocycles. The van der Waals surface area contributed by atoms with E-state index in [-0.39, 0.29) is 5.41 Å². The molecule has 0 spiro atoms. The van der Waals surface area contributed by atoms with Crippen LogP contribution in [0, 0.1) is 6.07 Å². The fraction of sp³-hybridized carbons (Fsp3) is 0.400. The lowest BCUT2D eigenvalue weighted by molar-refractivity contribution is 0.589. The second-order valence-electron chi connectivity index (χ2n) is 3.64. The lowest BCUT2D eigenvalue weighted by atomic mass is 9.87. The molecule has 1 aromatic carbocycles. The number of hydrogen-bond acceptors (Lipinski definition) is 0. The van der Waals surface area contributed by atoms with Crippen LogP contribution < -0.4 is 0 Å². The van der Waals surface area contributed by atoms with E-state index in [4.69, 9.17) is 11.6 Å². The number of hydrogen-bond donors (Lipinski definition) is 0. The Morgan fingerprint density at radius 2 is 2.00 bits per heavy atom. The van der Waals surface area contributed by atoms with Crippen molar-refractivity contribution in [3.05, 3.63) is 34.9 Å². The van der Waals surface area contributed by atoms with Crippen LogP contribution >= 0.6 is 11.6 Å². The molecule has 0 heterocycles. The second kappa shape index (κ2) is 2.86. The van der Waals surface area contributed by atoms with Crippen molar-refractivity contribution in [1.29, 1.82) is 0 Å². The number of benzene rings is 1. The van der Waals surface area contributed by atoms with E-state index in [0.29, 0.717) is 0 Å². The predicted octanol–water partition coefficient (Wildman–Crippen LogP) is 3.44. The predicted molar refractivity (Wildman–Crippen MR) is 49.0 cm³/mol. The van der Waals surface area contributed by atoms with E-state index in [1.54, 1.807) is 0 Å². The molecule has 0 saturated heterocycles. The molecule has 1 rings (SSSR count). The first-order valence-corrected chi connectivity index (χ1v) is 4.06. The van der Waals surface area contributed by atoms with Gasteiger partial charge in [0.25, 0.3) is 0 Å². The highest BCUT2D eigenvalue weighted by atomic mass is 35.5. The zero-order chi connectivity index (χ0) is 8.48. The van der Waals surface area contributed by atoms with Crippen LogP contribution in [0.3, 0.4) is 0 Å². The summed E-state index contributed by atoms with van der Waals surface area (Å²) in [6.07, 6.45) is 0. The summed E-state index contributed by atoms with van der Waals surface area (Å²) >= 11 is 5.98. The SMILES string of the molecule is CC(C)(C)c1[c]cccc1Cl. The topological polar surface area (TPSA) is 0 Å². The van der Waals surface area contributed by atoms with Gasteiger partial charge in [0, 0.05) is 5.02 Å². The van der Waals surface area contributed by atoms with Crippen molar-refractivity contribution in [2.45, 2.75) is 26.2 Å². The quantitative estimate of drug-likeness (QED) is 0.556. The van der Waals surface area contributed by atoms with Crippen molar-refractivity contribution < 1.29 is 0 Å². The molecule has 0 atom stereocenters. The minimum atomic E-state index is 0.0956. The Morgan fingerprint density at radius 1 is 1.36 bits per heavy atom. The molecule has 1 heteroatoms. The Kier molecular flexibility index (Phi) is 2.24. The Hall–Kier alpha value is -0.490. The van der Waals surface area contributed by atoms with E-state index in [0.717, 1.165) is 10.6 Å². The number of rotatable bonds is 0. The van der Waals surface area contributed by atoms with Gasteiger partial charge in [-0.2, -0.15) is 0 Å². The van der Waals surface area contributed by atoms with Gasteiger partial charge in [-0.15, -0.1) is 0 Å². The molecule has 1 aromatic rings. The van der Waals surface area contributed by atoms with Crippen molar-refractivity contribution >= 4 is 11.6 Å². The fourth-order valence-electron chi connectivity index (χ4n) is 0.991. The van der Waals surface area contributed by atoms with Gasteiger partial charge in [-0.25, -0.2) is 0 Å². The van der Waals surface area contributed by atoms with Crippen LogP contribution in [0.2, 0.25) is 5.02 Å². The van der Waals surface area contributed by atoms with Crippen molar-refractivity contribution in [2.24, 2.45) is 0 Å².